The van der Waals surface area contributed by atoms with Crippen LogP contribution in [0.1, 0.15) is 10.4 Å². The number of anilines is 1. The third-order valence-electron chi connectivity index (χ3n) is 2.66. The number of thiophene rings is 1. The first-order valence-corrected chi connectivity index (χ1v) is 6.09. The molecule has 0 saturated heterocycles. The quantitative estimate of drug-likeness (QED) is 0.740. The molecule has 3 heterocycles. The van der Waals surface area contributed by atoms with Crippen molar-refractivity contribution in [3.63, 3.8) is 0 Å². The summed E-state index contributed by atoms with van der Waals surface area (Å²) in [5.41, 5.74) is 7.44. The fourth-order valence-corrected chi connectivity index (χ4v) is 2.51. The van der Waals surface area contributed by atoms with Gasteiger partial charge in [0.2, 0.25) is 0 Å². The highest BCUT2D eigenvalue weighted by Crippen LogP contribution is 2.30. The van der Waals surface area contributed by atoms with E-state index < -0.39 is 5.97 Å². The molecule has 0 spiro atoms. The number of nitrogens with zero attached hydrogens (tertiary/aromatic N) is 2. The topological polar surface area (TPSA) is 80.6 Å². The molecule has 0 atom stereocenters. The predicted octanol–water partition coefficient (Wildman–Crippen LogP) is 2.34. The molecular formula is C12H9N3O2S. The highest BCUT2D eigenvalue weighted by atomic mass is 32.1. The molecule has 3 aromatic rings. The van der Waals surface area contributed by atoms with Gasteiger partial charge in [-0.3, -0.25) is 4.40 Å². The van der Waals surface area contributed by atoms with Gasteiger partial charge in [-0.05, 0) is 23.6 Å². The average molecular weight is 259 g/mol. The smallest absolute Gasteiger partial charge is 0.335 e. The number of imidazole rings is 1. The van der Waals surface area contributed by atoms with Crippen molar-refractivity contribution in [1.82, 2.24) is 9.38 Å². The van der Waals surface area contributed by atoms with E-state index >= 15 is 0 Å². The Kier molecular flexibility index (Phi) is 2.31. The lowest BCUT2D eigenvalue weighted by Crippen LogP contribution is -1.99. The van der Waals surface area contributed by atoms with Crippen LogP contribution >= 0.6 is 11.3 Å². The van der Waals surface area contributed by atoms with Crippen molar-refractivity contribution < 1.29 is 9.90 Å². The molecule has 6 heteroatoms. The molecule has 5 nitrogen and oxygen atoms in total. The second-order valence-corrected chi connectivity index (χ2v) is 4.72. The molecule has 3 aromatic heterocycles. The average Bonchev–Trinajstić information content (AvgIpc) is 2.97. The zero-order valence-electron chi connectivity index (χ0n) is 9.20. The van der Waals surface area contributed by atoms with Gasteiger partial charge in [0.25, 0.3) is 0 Å². The van der Waals surface area contributed by atoms with Gasteiger partial charge in [-0.1, -0.05) is 6.07 Å². The summed E-state index contributed by atoms with van der Waals surface area (Å²) >= 11 is 1.54. The van der Waals surface area contributed by atoms with Crippen molar-refractivity contribution in [1.29, 1.82) is 0 Å². The first-order chi connectivity index (χ1) is 8.66. The van der Waals surface area contributed by atoms with E-state index in [1.165, 1.54) is 12.1 Å². The Balaban J connectivity index is 2.25. The lowest BCUT2D eigenvalue weighted by Gasteiger charge is -1.98. The van der Waals surface area contributed by atoms with Crippen LogP contribution in [0.3, 0.4) is 0 Å². The Morgan fingerprint density at radius 2 is 2.28 bits per heavy atom. The number of aromatic carboxylic acids is 1. The summed E-state index contributed by atoms with van der Waals surface area (Å²) in [5, 5.41) is 10.9. The lowest BCUT2D eigenvalue weighted by molar-refractivity contribution is 0.0697. The van der Waals surface area contributed by atoms with Gasteiger partial charge < -0.3 is 10.8 Å². The van der Waals surface area contributed by atoms with E-state index in [9.17, 15) is 4.79 Å². The number of fused-ring (bicyclic) bond motifs is 1. The number of carboxylic acids is 1. The van der Waals surface area contributed by atoms with Crippen LogP contribution in [-0.4, -0.2) is 20.5 Å². The molecule has 18 heavy (non-hydrogen) atoms. The van der Waals surface area contributed by atoms with Gasteiger partial charge in [0.05, 0.1) is 10.4 Å². The van der Waals surface area contributed by atoms with Crippen LogP contribution in [0.15, 0.2) is 35.8 Å². The minimum Gasteiger partial charge on any atom is -0.478 e. The minimum absolute atomic E-state index is 0.199. The first-order valence-electron chi connectivity index (χ1n) is 5.21. The molecule has 0 radical (unpaired) electrons. The van der Waals surface area contributed by atoms with Crippen LogP contribution in [0.5, 0.6) is 0 Å². The summed E-state index contributed by atoms with van der Waals surface area (Å²) in [7, 11) is 0. The van der Waals surface area contributed by atoms with E-state index in [0.29, 0.717) is 17.2 Å². The van der Waals surface area contributed by atoms with Crippen LogP contribution in [0.2, 0.25) is 0 Å². The van der Waals surface area contributed by atoms with E-state index in [4.69, 9.17) is 10.8 Å². The van der Waals surface area contributed by atoms with E-state index in [2.05, 4.69) is 4.98 Å². The van der Waals surface area contributed by atoms with Gasteiger partial charge in [-0.15, -0.1) is 11.3 Å². The first kappa shape index (κ1) is 10.8. The van der Waals surface area contributed by atoms with Crippen LogP contribution in [0.25, 0.3) is 16.2 Å². The number of aromatic nitrogens is 2. The largest absolute Gasteiger partial charge is 0.478 e. The van der Waals surface area contributed by atoms with Crippen molar-refractivity contribution in [3.05, 3.63) is 41.4 Å². The second-order valence-electron chi connectivity index (χ2n) is 3.77. The number of nitrogens with two attached hydrogens (primary N) is 1. The van der Waals surface area contributed by atoms with Gasteiger partial charge >= 0.3 is 5.97 Å². The zero-order chi connectivity index (χ0) is 12.7. The molecule has 0 amide bonds. The number of hydrogen-bond acceptors (Lipinski definition) is 4. The van der Waals surface area contributed by atoms with Crippen molar-refractivity contribution >= 4 is 28.8 Å². The van der Waals surface area contributed by atoms with Gasteiger partial charge in [-0.2, -0.15) is 0 Å². The maximum Gasteiger partial charge on any atom is 0.335 e. The highest BCUT2D eigenvalue weighted by Gasteiger charge is 2.13. The molecule has 0 aliphatic carbocycles. The Bertz CT molecular complexity index is 731. The zero-order valence-corrected chi connectivity index (χ0v) is 10.0. The van der Waals surface area contributed by atoms with E-state index in [1.54, 1.807) is 21.9 Å². The van der Waals surface area contributed by atoms with Crippen LogP contribution < -0.4 is 5.73 Å². The number of hydrogen-bond donors (Lipinski definition) is 2. The van der Waals surface area contributed by atoms with Crippen molar-refractivity contribution in [2.45, 2.75) is 0 Å². The normalized spacial score (nSPS) is 10.9. The Morgan fingerprint density at radius 1 is 1.44 bits per heavy atom. The number of carbonyl (C=O) groups is 1. The number of carboxylic acid groups (broad SMARTS) is 1. The molecule has 0 unspecified atom stereocenters. The summed E-state index contributed by atoms with van der Waals surface area (Å²) in [4.78, 5) is 16.2. The van der Waals surface area contributed by atoms with Gasteiger partial charge in [0.1, 0.15) is 17.2 Å². The Labute approximate surface area is 106 Å². The minimum atomic E-state index is -0.975. The van der Waals surface area contributed by atoms with E-state index in [-0.39, 0.29) is 5.56 Å². The number of pyridine rings is 1. The molecule has 0 aliphatic rings. The molecule has 0 aliphatic heterocycles. The lowest BCUT2D eigenvalue weighted by atomic mass is 10.3. The molecule has 0 aromatic carbocycles. The highest BCUT2D eigenvalue weighted by molar-refractivity contribution is 7.13. The Morgan fingerprint density at radius 3 is 2.94 bits per heavy atom. The predicted molar refractivity (Wildman–Crippen MR) is 69.9 cm³/mol. The summed E-state index contributed by atoms with van der Waals surface area (Å²) in [6, 6.07) is 6.87. The summed E-state index contributed by atoms with van der Waals surface area (Å²) in [6.07, 6.45) is 1.62. The van der Waals surface area contributed by atoms with Crippen LogP contribution in [0, 0.1) is 0 Å². The monoisotopic (exact) mass is 259 g/mol. The third kappa shape index (κ3) is 1.54. The van der Waals surface area contributed by atoms with E-state index in [1.807, 2.05) is 17.5 Å². The number of rotatable bonds is 2. The standard InChI is InChI=1S/C12H9N3O2S/c13-11-10(8-2-1-5-18-8)14-9-6-7(12(16)17)3-4-15(9)11/h1-6H,13H2,(H,16,17). The fraction of sp³-hybridized carbons (Fsp3) is 0. The summed E-state index contributed by atoms with van der Waals surface area (Å²) in [6.45, 7) is 0. The van der Waals surface area contributed by atoms with E-state index in [0.717, 1.165) is 4.88 Å². The van der Waals surface area contributed by atoms with Gasteiger partial charge in [0, 0.05) is 6.20 Å². The second kappa shape index (κ2) is 3.85. The van der Waals surface area contributed by atoms with Crippen molar-refractivity contribution in [2.24, 2.45) is 0 Å². The van der Waals surface area contributed by atoms with Crippen LogP contribution in [0.4, 0.5) is 5.82 Å². The van der Waals surface area contributed by atoms with Gasteiger partial charge in [0.15, 0.2) is 0 Å². The molecule has 0 fully saturated rings. The maximum absolute atomic E-state index is 10.9. The van der Waals surface area contributed by atoms with Crippen molar-refractivity contribution in [3.8, 4) is 10.6 Å². The third-order valence-corrected chi connectivity index (χ3v) is 3.54. The molecule has 90 valence electrons. The SMILES string of the molecule is Nc1c(-c2cccs2)nc2cc(C(=O)O)ccn12. The molecular weight excluding hydrogens is 250 g/mol. The maximum atomic E-state index is 10.9. The van der Waals surface area contributed by atoms with Crippen molar-refractivity contribution in [2.75, 3.05) is 5.73 Å². The summed E-state index contributed by atoms with van der Waals surface area (Å²) < 4.78 is 1.68. The molecule has 3 rings (SSSR count). The fourth-order valence-electron chi connectivity index (χ4n) is 1.79. The molecule has 0 saturated carbocycles. The molecule has 3 N–H and O–H groups in total. The molecule has 0 bridgehead atoms. The summed E-state index contributed by atoms with van der Waals surface area (Å²) in [5.74, 6) is -0.457. The van der Waals surface area contributed by atoms with Crippen LogP contribution in [-0.2, 0) is 0 Å². The number of nitrogen functional groups attached to an aromatic ring is 1. The van der Waals surface area contributed by atoms with Gasteiger partial charge in [-0.25, -0.2) is 9.78 Å². The Hall–Kier alpha value is -2.34.